The molecule has 0 aromatic carbocycles. The highest BCUT2D eigenvalue weighted by molar-refractivity contribution is 14.0. The minimum atomic E-state index is 0. The maximum absolute atomic E-state index is 6.01. The fourth-order valence-corrected chi connectivity index (χ4v) is 3.83. The largest absolute Gasteiger partial charge is 0.474 e. The molecule has 2 aromatic heterocycles. The summed E-state index contributed by atoms with van der Waals surface area (Å²) in [5, 5.41) is 6.55. The maximum Gasteiger partial charge on any atom is 0.213 e. The standard InChI is InChI=1S/C20H29N5OS.HI/c1-4-21-20(25(3)13-17-14-27-15(2)24-17)23-12-16-9-10-22-19(11-16)26-18-7-5-6-8-18;/h9-11,14,18H,4-8,12-13H2,1-3H3,(H,21,23);1H. The van der Waals surface area contributed by atoms with Crippen LogP contribution in [0.1, 0.15) is 48.9 Å². The third-order valence-corrected chi connectivity index (χ3v) is 5.38. The minimum Gasteiger partial charge on any atom is -0.474 e. The molecule has 2 aromatic rings. The molecule has 1 aliphatic rings. The van der Waals surface area contributed by atoms with Crippen LogP contribution in [-0.4, -0.2) is 40.5 Å². The Morgan fingerprint density at radius 2 is 2.18 bits per heavy atom. The van der Waals surface area contributed by atoms with E-state index in [1.165, 1.54) is 12.8 Å². The summed E-state index contributed by atoms with van der Waals surface area (Å²) < 4.78 is 6.01. The van der Waals surface area contributed by atoms with Crippen molar-refractivity contribution in [2.24, 2.45) is 4.99 Å². The summed E-state index contributed by atoms with van der Waals surface area (Å²) in [6.45, 7) is 6.26. The van der Waals surface area contributed by atoms with E-state index in [0.717, 1.165) is 48.2 Å². The molecular weight excluding hydrogens is 485 g/mol. The molecule has 0 unspecified atom stereocenters. The minimum absolute atomic E-state index is 0. The molecule has 3 rings (SSSR count). The van der Waals surface area contributed by atoms with Crippen molar-refractivity contribution in [3.63, 3.8) is 0 Å². The molecule has 1 aliphatic carbocycles. The third kappa shape index (κ3) is 6.88. The lowest BCUT2D eigenvalue weighted by molar-refractivity contribution is 0.201. The van der Waals surface area contributed by atoms with Gasteiger partial charge in [0, 0.05) is 31.2 Å². The second-order valence-corrected chi connectivity index (χ2v) is 7.97. The van der Waals surface area contributed by atoms with Crippen molar-refractivity contribution in [2.75, 3.05) is 13.6 Å². The number of aromatic nitrogens is 2. The van der Waals surface area contributed by atoms with E-state index in [2.05, 4.69) is 32.5 Å². The van der Waals surface area contributed by atoms with Crippen LogP contribution < -0.4 is 10.1 Å². The van der Waals surface area contributed by atoms with Crippen LogP contribution >= 0.6 is 35.3 Å². The van der Waals surface area contributed by atoms with Gasteiger partial charge in [-0.15, -0.1) is 35.3 Å². The monoisotopic (exact) mass is 515 g/mol. The molecule has 0 spiro atoms. The summed E-state index contributed by atoms with van der Waals surface area (Å²) >= 11 is 1.68. The van der Waals surface area contributed by atoms with Crippen LogP contribution in [0.4, 0.5) is 0 Å². The molecule has 1 fully saturated rings. The number of aryl methyl sites for hydroxylation is 1. The Hall–Kier alpha value is -1.42. The average molecular weight is 515 g/mol. The van der Waals surface area contributed by atoms with E-state index in [1.54, 1.807) is 11.3 Å². The fourth-order valence-electron chi connectivity index (χ4n) is 3.22. The van der Waals surface area contributed by atoms with Crippen molar-refractivity contribution >= 4 is 41.3 Å². The van der Waals surface area contributed by atoms with Crippen molar-refractivity contribution in [1.29, 1.82) is 0 Å². The van der Waals surface area contributed by atoms with Gasteiger partial charge in [0.25, 0.3) is 0 Å². The van der Waals surface area contributed by atoms with Gasteiger partial charge in [-0.1, -0.05) is 0 Å². The number of guanidine groups is 1. The molecule has 2 heterocycles. The zero-order valence-corrected chi connectivity index (χ0v) is 20.0. The van der Waals surface area contributed by atoms with Crippen LogP contribution in [0.2, 0.25) is 0 Å². The van der Waals surface area contributed by atoms with Gasteiger partial charge < -0.3 is 15.0 Å². The number of hydrogen-bond acceptors (Lipinski definition) is 5. The fraction of sp³-hybridized carbons (Fsp3) is 0.550. The van der Waals surface area contributed by atoms with Crippen molar-refractivity contribution in [3.05, 3.63) is 40.0 Å². The van der Waals surface area contributed by atoms with Gasteiger partial charge in [-0.3, -0.25) is 0 Å². The van der Waals surface area contributed by atoms with E-state index in [1.807, 2.05) is 32.3 Å². The second kappa shape index (κ2) is 11.5. The van der Waals surface area contributed by atoms with E-state index in [9.17, 15) is 0 Å². The Labute approximate surface area is 188 Å². The van der Waals surface area contributed by atoms with Crippen molar-refractivity contribution in [1.82, 2.24) is 20.2 Å². The van der Waals surface area contributed by atoms with Gasteiger partial charge in [-0.25, -0.2) is 15.0 Å². The Balaban J connectivity index is 0.00000280. The van der Waals surface area contributed by atoms with Crippen molar-refractivity contribution in [2.45, 2.75) is 58.7 Å². The van der Waals surface area contributed by atoms with Crippen LogP contribution in [0.15, 0.2) is 28.7 Å². The molecule has 1 N–H and O–H groups in total. The normalized spacial score (nSPS) is 14.6. The Bertz CT molecular complexity index is 761. The van der Waals surface area contributed by atoms with Crippen molar-refractivity contribution in [3.8, 4) is 5.88 Å². The van der Waals surface area contributed by atoms with Gasteiger partial charge in [-0.2, -0.15) is 0 Å². The maximum atomic E-state index is 6.01. The number of thiazole rings is 1. The summed E-state index contributed by atoms with van der Waals surface area (Å²) in [6, 6.07) is 4.01. The first kappa shape index (κ1) is 22.9. The average Bonchev–Trinajstić information content (AvgIpc) is 3.30. The van der Waals surface area contributed by atoms with Crippen LogP contribution in [0.25, 0.3) is 0 Å². The number of hydrogen-bond donors (Lipinski definition) is 1. The molecule has 6 nitrogen and oxygen atoms in total. The smallest absolute Gasteiger partial charge is 0.213 e. The summed E-state index contributed by atoms with van der Waals surface area (Å²) in [5.41, 5.74) is 2.17. The van der Waals surface area contributed by atoms with Gasteiger partial charge in [0.15, 0.2) is 5.96 Å². The lowest BCUT2D eigenvalue weighted by atomic mass is 10.2. The van der Waals surface area contributed by atoms with E-state index < -0.39 is 0 Å². The first-order valence-corrected chi connectivity index (χ1v) is 10.5. The van der Waals surface area contributed by atoms with Gasteiger partial charge in [0.1, 0.15) is 6.10 Å². The number of nitrogens with one attached hydrogen (secondary N) is 1. The molecule has 0 atom stereocenters. The van der Waals surface area contributed by atoms with Gasteiger partial charge in [-0.05, 0) is 51.2 Å². The SMILES string of the molecule is CCNC(=NCc1ccnc(OC2CCCC2)c1)N(C)Cc1csc(C)n1.I. The van der Waals surface area contributed by atoms with Crippen LogP contribution in [0.5, 0.6) is 5.88 Å². The topological polar surface area (TPSA) is 62.6 Å². The highest BCUT2D eigenvalue weighted by Crippen LogP contribution is 2.23. The van der Waals surface area contributed by atoms with Gasteiger partial charge >= 0.3 is 0 Å². The molecule has 0 bridgehead atoms. The Morgan fingerprint density at radius 3 is 2.86 bits per heavy atom. The van der Waals surface area contributed by atoms with Crippen LogP contribution in [0.3, 0.4) is 0 Å². The molecule has 0 amide bonds. The number of nitrogens with zero attached hydrogens (tertiary/aromatic N) is 4. The lowest BCUT2D eigenvalue weighted by Crippen LogP contribution is -2.38. The van der Waals surface area contributed by atoms with E-state index in [4.69, 9.17) is 9.73 Å². The highest BCUT2D eigenvalue weighted by Gasteiger charge is 2.17. The second-order valence-electron chi connectivity index (χ2n) is 6.91. The lowest BCUT2D eigenvalue weighted by Gasteiger charge is -2.21. The number of pyridine rings is 1. The molecule has 1 saturated carbocycles. The quantitative estimate of drug-likeness (QED) is 0.337. The van der Waals surface area contributed by atoms with Gasteiger partial charge in [0.05, 0.1) is 23.8 Å². The number of halogens is 1. The number of rotatable bonds is 7. The Kier molecular flexibility index (Phi) is 9.43. The summed E-state index contributed by atoms with van der Waals surface area (Å²) in [7, 11) is 2.04. The molecule has 0 saturated heterocycles. The summed E-state index contributed by atoms with van der Waals surface area (Å²) in [4.78, 5) is 15.8. The first-order valence-electron chi connectivity index (χ1n) is 9.66. The molecule has 8 heteroatoms. The zero-order valence-electron chi connectivity index (χ0n) is 16.9. The van der Waals surface area contributed by atoms with Gasteiger partial charge in [0.2, 0.25) is 5.88 Å². The third-order valence-electron chi connectivity index (χ3n) is 4.56. The van der Waals surface area contributed by atoms with E-state index in [0.29, 0.717) is 18.5 Å². The molecule has 154 valence electrons. The molecule has 0 radical (unpaired) electrons. The van der Waals surface area contributed by atoms with Crippen molar-refractivity contribution < 1.29 is 4.74 Å². The predicted octanol–water partition coefficient (Wildman–Crippen LogP) is 4.38. The van der Waals surface area contributed by atoms with Crippen LogP contribution in [0, 0.1) is 6.92 Å². The zero-order chi connectivity index (χ0) is 19.1. The predicted molar refractivity (Wildman–Crippen MR) is 126 cm³/mol. The summed E-state index contributed by atoms with van der Waals surface area (Å²) in [5.74, 6) is 1.59. The van der Waals surface area contributed by atoms with E-state index in [-0.39, 0.29) is 24.0 Å². The highest BCUT2D eigenvalue weighted by atomic mass is 127. The number of ether oxygens (including phenoxy) is 1. The van der Waals surface area contributed by atoms with E-state index >= 15 is 0 Å². The summed E-state index contributed by atoms with van der Waals surface area (Å²) in [6.07, 6.45) is 6.91. The molecule has 0 aliphatic heterocycles. The Morgan fingerprint density at radius 1 is 1.39 bits per heavy atom. The van der Waals surface area contributed by atoms with Crippen LogP contribution in [-0.2, 0) is 13.1 Å². The molecular formula is C20H30IN5OS. The first-order chi connectivity index (χ1) is 13.1. The molecule has 28 heavy (non-hydrogen) atoms. The number of aliphatic imine (C=N–C) groups is 1.